The molecular weight excluding hydrogens is 436 g/mol. The van der Waals surface area contributed by atoms with E-state index in [9.17, 15) is 9.59 Å². The minimum absolute atomic E-state index is 0.139. The number of para-hydroxylation sites is 1. The molecule has 0 aliphatic carbocycles. The molecule has 3 aromatic carbocycles. The highest BCUT2D eigenvalue weighted by molar-refractivity contribution is 5.88. The number of hydrogen-bond acceptors (Lipinski definition) is 3. The Morgan fingerprint density at radius 3 is 2.26 bits per heavy atom. The Labute approximate surface area is 209 Å². The van der Waals surface area contributed by atoms with Crippen LogP contribution in [-0.4, -0.2) is 35.9 Å². The molecule has 0 heterocycles. The quantitative estimate of drug-likeness (QED) is 0.413. The van der Waals surface area contributed by atoms with Crippen LogP contribution in [0.1, 0.15) is 48.9 Å². The van der Waals surface area contributed by atoms with E-state index in [0.29, 0.717) is 25.3 Å². The third-order valence-electron chi connectivity index (χ3n) is 6.12. The average Bonchev–Trinajstić information content (AvgIpc) is 2.86. The van der Waals surface area contributed by atoms with Gasteiger partial charge in [0.05, 0.1) is 0 Å². The van der Waals surface area contributed by atoms with E-state index in [2.05, 4.69) is 19.2 Å². The fourth-order valence-corrected chi connectivity index (χ4v) is 4.13. The fraction of sp³-hybridized carbons (Fsp3) is 0.333. The number of carbonyl (C=O) groups excluding carboxylic acids is 2. The predicted molar refractivity (Wildman–Crippen MR) is 140 cm³/mol. The molecule has 1 unspecified atom stereocenters. The molecular formula is C30H36N2O3. The summed E-state index contributed by atoms with van der Waals surface area (Å²) in [6.07, 6.45) is 0.423. The maximum absolute atomic E-state index is 13.7. The SMILES string of the molecule is CCNC(=O)C(Cc1ccccc1)N(Cc1ccccc1C)C(=O)COc1ccccc1C(C)C. The minimum atomic E-state index is -0.659. The monoisotopic (exact) mass is 472 g/mol. The number of benzene rings is 3. The highest BCUT2D eigenvalue weighted by atomic mass is 16.5. The molecule has 0 spiro atoms. The maximum atomic E-state index is 13.7. The van der Waals surface area contributed by atoms with E-state index in [4.69, 9.17) is 4.74 Å². The summed E-state index contributed by atoms with van der Waals surface area (Å²) in [5.74, 6) is 0.578. The summed E-state index contributed by atoms with van der Waals surface area (Å²) in [7, 11) is 0. The second-order valence-corrected chi connectivity index (χ2v) is 9.03. The van der Waals surface area contributed by atoms with Crippen LogP contribution in [0.5, 0.6) is 5.75 Å². The van der Waals surface area contributed by atoms with Gasteiger partial charge in [0.1, 0.15) is 11.8 Å². The average molecular weight is 473 g/mol. The van der Waals surface area contributed by atoms with Crippen molar-refractivity contribution in [3.8, 4) is 5.75 Å². The van der Waals surface area contributed by atoms with Gasteiger partial charge in [-0.15, -0.1) is 0 Å². The number of likely N-dealkylation sites (N-methyl/N-ethyl adjacent to an activating group) is 1. The number of nitrogens with one attached hydrogen (secondary N) is 1. The zero-order chi connectivity index (χ0) is 25.2. The fourth-order valence-electron chi connectivity index (χ4n) is 4.13. The van der Waals surface area contributed by atoms with E-state index < -0.39 is 6.04 Å². The van der Waals surface area contributed by atoms with Crippen LogP contribution in [0.2, 0.25) is 0 Å². The first kappa shape index (κ1) is 26.0. The van der Waals surface area contributed by atoms with Crippen molar-refractivity contribution in [1.82, 2.24) is 10.2 Å². The maximum Gasteiger partial charge on any atom is 0.261 e. The lowest BCUT2D eigenvalue weighted by Gasteiger charge is -2.32. The normalized spacial score (nSPS) is 11.7. The smallest absolute Gasteiger partial charge is 0.261 e. The minimum Gasteiger partial charge on any atom is -0.483 e. The van der Waals surface area contributed by atoms with Crippen molar-refractivity contribution >= 4 is 11.8 Å². The van der Waals surface area contributed by atoms with Crippen molar-refractivity contribution in [2.45, 2.75) is 52.6 Å². The van der Waals surface area contributed by atoms with E-state index >= 15 is 0 Å². The molecule has 0 aliphatic heterocycles. The summed E-state index contributed by atoms with van der Waals surface area (Å²) in [6, 6.07) is 24.9. The lowest BCUT2D eigenvalue weighted by atomic mass is 10.0. The molecule has 35 heavy (non-hydrogen) atoms. The Hall–Kier alpha value is -3.60. The summed E-state index contributed by atoms with van der Waals surface area (Å²) < 4.78 is 6.03. The van der Waals surface area contributed by atoms with Crippen molar-refractivity contribution in [2.24, 2.45) is 0 Å². The van der Waals surface area contributed by atoms with Gasteiger partial charge in [-0.3, -0.25) is 9.59 Å². The zero-order valence-corrected chi connectivity index (χ0v) is 21.2. The second kappa shape index (κ2) is 12.7. The lowest BCUT2D eigenvalue weighted by molar-refractivity contribution is -0.142. The molecule has 0 aromatic heterocycles. The van der Waals surface area contributed by atoms with Crippen LogP contribution in [0.15, 0.2) is 78.9 Å². The van der Waals surface area contributed by atoms with Gasteiger partial charge in [0, 0.05) is 19.5 Å². The second-order valence-electron chi connectivity index (χ2n) is 9.03. The molecule has 0 saturated carbocycles. The number of rotatable bonds is 11. The van der Waals surface area contributed by atoms with E-state index in [1.54, 1.807) is 4.90 Å². The molecule has 3 aromatic rings. The predicted octanol–water partition coefficient (Wildman–Crippen LogP) is 5.27. The largest absolute Gasteiger partial charge is 0.483 e. The van der Waals surface area contributed by atoms with Gasteiger partial charge in [0.15, 0.2) is 6.61 Å². The van der Waals surface area contributed by atoms with Crippen molar-refractivity contribution in [2.75, 3.05) is 13.2 Å². The Morgan fingerprint density at radius 2 is 1.57 bits per heavy atom. The molecule has 0 aliphatic rings. The van der Waals surface area contributed by atoms with Crippen LogP contribution in [0.4, 0.5) is 0 Å². The lowest BCUT2D eigenvalue weighted by Crippen LogP contribution is -2.51. The first-order valence-electron chi connectivity index (χ1n) is 12.3. The van der Waals surface area contributed by atoms with Gasteiger partial charge in [-0.25, -0.2) is 0 Å². The zero-order valence-electron chi connectivity index (χ0n) is 21.2. The van der Waals surface area contributed by atoms with Crippen molar-refractivity contribution in [3.05, 3.63) is 101 Å². The molecule has 3 rings (SSSR count). The van der Waals surface area contributed by atoms with Crippen LogP contribution >= 0.6 is 0 Å². The molecule has 0 saturated heterocycles. The van der Waals surface area contributed by atoms with Gasteiger partial charge in [-0.05, 0) is 48.1 Å². The van der Waals surface area contributed by atoms with Gasteiger partial charge in [0.2, 0.25) is 5.91 Å². The molecule has 0 fully saturated rings. The van der Waals surface area contributed by atoms with Crippen LogP contribution in [0.3, 0.4) is 0 Å². The van der Waals surface area contributed by atoms with Gasteiger partial charge in [-0.2, -0.15) is 0 Å². The summed E-state index contributed by atoms with van der Waals surface area (Å²) in [6.45, 7) is 8.78. The first-order valence-corrected chi connectivity index (χ1v) is 12.3. The van der Waals surface area contributed by atoms with Gasteiger partial charge in [-0.1, -0.05) is 86.6 Å². The van der Waals surface area contributed by atoms with Crippen molar-refractivity contribution in [3.63, 3.8) is 0 Å². The summed E-state index contributed by atoms with van der Waals surface area (Å²) in [5, 5.41) is 2.93. The third-order valence-corrected chi connectivity index (χ3v) is 6.12. The Bertz CT molecular complexity index is 1110. The summed E-state index contributed by atoms with van der Waals surface area (Å²) in [4.78, 5) is 28.6. The van der Waals surface area contributed by atoms with Crippen LogP contribution in [0.25, 0.3) is 0 Å². The van der Waals surface area contributed by atoms with Crippen LogP contribution in [0, 0.1) is 6.92 Å². The number of carbonyl (C=O) groups is 2. The number of hydrogen-bond donors (Lipinski definition) is 1. The Kier molecular flexibility index (Phi) is 9.47. The molecule has 1 atom stereocenters. The van der Waals surface area contributed by atoms with E-state index in [0.717, 1.165) is 22.3 Å². The number of amides is 2. The highest BCUT2D eigenvalue weighted by Gasteiger charge is 2.30. The standard InChI is InChI=1S/C30H36N2O3/c1-5-31-30(34)27(19-24-14-7-6-8-15-24)32(20-25-16-10-9-13-23(25)4)29(33)21-35-28-18-12-11-17-26(28)22(2)3/h6-18,22,27H,5,19-21H2,1-4H3,(H,31,34). The highest BCUT2D eigenvalue weighted by Crippen LogP contribution is 2.26. The van der Waals surface area contributed by atoms with Crippen molar-refractivity contribution < 1.29 is 14.3 Å². The topological polar surface area (TPSA) is 58.6 Å². The summed E-state index contributed by atoms with van der Waals surface area (Å²) >= 11 is 0. The molecule has 5 heteroatoms. The van der Waals surface area contributed by atoms with Crippen molar-refractivity contribution in [1.29, 1.82) is 0 Å². The molecule has 0 bridgehead atoms. The van der Waals surface area contributed by atoms with E-state index in [1.807, 2.05) is 92.7 Å². The molecule has 2 amide bonds. The third kappa shape index (κ3) is 7.19. The summed E-state index contributed by atoms with van der Waals surface area (Å²) in [5.41, 5.74) is 4.13. The molecule has 1 N–H and O–H groups in total. The Balaban J connectivity index is 1.92. The van der Waals surface area contributed by atoms with E-state index in [-0.39, 0.29) is 24.3 Å². The van der Waals surface area contributed by atoms with Crippen LogP contribution in [-0.2, 0) is 22.6 Å². The van der Waals surface area contributed by atoms with Gasteiger partial charge < -0.3 is 15.0 Å². The molecule has 0 radical (unpaired) electrons. The van der Waals surface area contributed by atoms with E-state index in [1.165, 1.54) is 0 Å². The Morgan fingerprint density at radius 1 is 0.914 bits per heavy atom. The van der Waals surface area contributed by atoms with Crippen LogP contribution < -0.4 is 10.1 Å². The number of ether oxygens (including phenoxy) is 1. The number of aryl methyl sites for hydroxylation is 1. The van der Waals surface area contributed by atoms with Gasteiger partial charge >= 0.3 is 0 Å². The molecule has 5 nitrogen and oxygen atoms in total. The first-order chi connectivity index (χ1) is 16.9. The molecule has 184 valence electrons. The van der Waals surface area contributed by atoms with Gasteiger partial charge in [0.25, 0.3) is 5.91 Å². The number of nitrogens with zero attached hydrogens (tertiary/aromatic N) is 1.